The molecule has 7 atom stereocenters. The number of hydrogen-bond acceptors (Lipinski definition) is 14. The molecule has 2 aliphatic heterocycles. The van der Waals surface area contributed by atoms with Crippen LogP contribution >= 0.6 is 21.6 Å². The summed E-state index contributed by atoms with van der Waals surface area (Å²) in [7, 11) is 2.53. The summed E-state index contributed by atoms with van der Waals surface area (Å²) in [5.41, 5.74) is 29.4. The van der Waals surface area contributed by atoms with Gasteiger partial charge in [0.2, 0.25) is 65.0 Å². The Hall–Kier alpha value is -7.88. The number of primary amides is 3. The van der Waals surface area contributed by atoms with Gasteiger partial charge in [-0.1, -0.05) is 89.4 Å². The van der Waals surface area contributed by atoms with E-state index < -0.39 is 138 Å². The van der Waals surface area contributed by atoms with Crippen LogP contribution < -0.4 is 65.9 Å². The van der Waals surface area contributed by atoms with Gasteiger partial charge in [0.15, 0.2) is 5.96 Å². The number of H-pyrrole nitrogens is 1. The van der Waals surface area contributed by atoms with Crippen LogP contribution in [-0.2, 0) is 65.6 Å². The number of fused-ring (bicyclic) bond motifs is 1. The normalized spacial score (nSPS) is 22.6. The van der Waals surface area contributed by atoms with Crippen LogP contribution in [0.2, 0.25) is 0 Å². The van der Waals surface area contributed by atoms with E-state index in [4.69, 9.17) is 28.7 Å². The molecule has 1 aliphatic carbocycles. The van der Waals surface area contributed by atoms with Crippen LogP contribution in [0.3, 0.4) is 0 Å². The van der Waals surface area contributed by atoms with E-state index in [1.807, 2.05) is 24.3 Å². The molecule has 1 saturated carbocycles. The largest absolute Gasteiger partial charge is 0.370 e. The Bertz CT molecular complexity index is 2810. The molecule has 11 amide bonds. The zero-order chi connectivity index (χ0) is 58.6. The van der Waals surface area contributed by atoms with Gasteiger partial charge in [-0.3, -0.25) is 57.7 Å². The first-order valence-corrected chi connectivity index (χ1v) is 29.2. The van der Waals surface area contributed by atoms with E-state index in [2.05, 4.69) is 47.2 Å². The number of carbonyl (C=O) groups is 11. The van der Waals surface area contributed by atoms with Crippen molar-refractivity contribution in [3.63, 3.8) is 0 Å². The van der Waals surface area contributed by atoms with Crippen molar-refractivity contribution < 1.29 is 52.7 Å². The topological polar surface area (TPSA) is 433 Å². The Kier molecular flexibility index (Phi) is 23.1. The summed E-state index contributed by atoms with van der Waals surface area (Å²) in [5, 5.41) is 19.4. The number of nitrogens with zero attached hydrogens (tertiary/aromatic N) is 2. The standard InChI is InChI=1S/C53H73N15O11S2/c54-41(69)18-17-35-46(74)66-38(25-42(55)70)49(77)67-39(51(79)68-22-10-16-40(68)50(78)64-34(15-9-21-59-52(57)58)45(73)61-28-43(56)71)29-80-81-53(19-7-2-8-20-53)26-44(72)62-37(24-31-27-60-33-14-6-5-13-32(31)33)48(76)65-36(47(75)63-35)23-30-11-3-1-4-12-30/h1,3-6,11-14,27,34-40,60H,2,7-10,15-26,28-29H2,(H2,54,69)(H2,55,70)(H2,56,71)(H,61,73)(H,62,72)(H,63,75)(H,64,78)(H,65,76)(H,66,74)(H,67,77)(H4,57,58,59)/t34-,35?,36-,37?,38?,39-,40-/m0/s1. The SMILES string of the molecule is NC(=O)CCC1NC(=O)[C@H](Cc2ccccc2)NC(=O)C(Cc2c[nH]c3ccccc23)NC(=O)CC2(CCCCC2)SSC[C@@H](C(=O)N2CCC[C@H]2C(=O)N[C@@H](CCCN=C(N)N)C(=O)NCC(N)=O)NC(=O)C(CC(N)=O)NC1=O. The van der Waals surface area contributed by atoms with Gasteiger partial charge < -0.3 is 75.8 Å². The minimum Gasteiger partial charge on any atom is -0.370 e. The number of hydrogen-bond donors (Lipinski definition) is 13. The summed E-state index contributed by atoms with van der Waals surface area (Å²) in [4.78, 5) is 160. The number of benzene rings is 2. The first-order valence-electron chi connectivity index (χ1n) is 26.9. The van der Waals surface area contributed by atoms with Crippen molar-refractivity contribution in [2.45, 2.75) is 143 Å². The average Bonchev–Trinajstić information content (AvgIpc) is 4.11. The third-order valence-electron chi connectivity index (χ3n) is 14.2. The lowest BCUT2D eigenvalue weighted by Crippen LogP contribution is -2.61. The molecule has 2 saturated heterocycles. The highest BCUT2D eigenvalue weighted by molar-refractivity contribution is 8.77. The number of carbonyl (C=O) groups excluding carboxylic acids is 11. The molecule has 26 nitrogen and oxygen atoms in total. The van der Waals surface area contributed by atoms with Crippen LogP contribution in [-0.4, -0.2) is 153 Å². The Labute approximate surface area is 475 Å². The summed E-state index contributed by atoms with van der Waals surface area (Å²) in [5.74, 6) is -9.42. The van der Waals surface area contributed by atoms with Crippen LogP contribution in [0.4, 0.5) is 0 Å². The highest BCUT2D eigenvalue weighted by atomic mass is 33.1. The van der Waals surface area contributed by atoms with E-state index in [9.17, 15) is 52.7 Å². The third-order valence-corrected chi connectivity index (χ3v) is 17.5. The van der Waals surface area contributed by atoms with Gasteiger partial charge in [-0.2, -0.15) is 0 Å². The van der Waals surface area contributed by atoms with E-state index in [0.29, 0.717) is 30.4 Å². The molecule has 0 bridgehead atoms. The van der Waals surface area contributed by atoms with Crippen LogP contribution in [0.5, 0.6) is 0 Å². The maximum atomic E-state index is 15.0. The molecule has 1 aromatic heterocycles. The first-order chi connectivity index (χ1) is 38.7. The van der Waals surface area contributed by atoms with Crippen LogP contribution in [0, 0.1) is 0 Å². The second kappa shape index (κ2) is 30.1. The fourth-order valence-corrected chi connectivity index (χ4v) is 13.5. The Morgan fingerprint density at radius 3 is 2.07 bits per heavy atom. The van der Waals surface area contributed by atoms with Gasteiger partial charge in [0.1, 0.15) is 42.3 Å². The summed E-state index contributed by atoms with van der Waals surface area (Å²) in [6.45, 7) is -0.377. The fraction of sp³-hybridized carbons (Fsp3) is 0.509. The number of amides is 11. The predicted octanol–water partition coefficient (Wildman–Crippen LogP) is -1.86. The second-order valence-corrected chi connectivity index (χ2v) is 23.3. The van der Waals surface area contributed by atoms with Gasteiger partial charge in [0.05, 0.1) is 13.0 Å². The van der Waals surface area contributed by atoms with Gasteiger partial charge in [-0.15, -0.1) is 0 Å². The van der Waals surface area contributed by atoms with Crippen LogP contribution in [0.15, 0.2) is 65.8 Å². The van der Waals surface area contributed by atoms with E-state index in [1.54, 1.807) is 36.5 Å². The first kappa shape index (κ1) is 62.3. The summed E-state index contributed by atoms with van der Waals surface area (Å²) >= 11 is 0. The van der Waals surface area contributed by atoms with Gasteiger partial charge in [-0.05, 0) is 62.1 Å². The van der Waals surface area contributed by atoms with Crippen molar-refractivity contribution in [2.75, 3.05) is 25.4 Å². The molecule has 3 fully saturated rings. The molecule has 81 heavy (non-hydrogen) atoms. The number of rotatable bonds is 19. The molecule has 6 rings (SSSR count). The van der Waals surface area contributed by atoms with Crippen molar-refractivity contribution in [2.24, 2.45) is 33.7 Å². The lowest BCUT2D eigenvalue weighted by molar-refractivity contribution is -0.142. The minimum absolute atomic E-state index is 0.00261. The van der Waals surface area contributed by atoms with Crippen LogP contribution in [0.1, 0.15) is 94.6 Å². The minimum atomic E-state index is -1.77. The van der Waals surface area contributed by atoms with Crippen molar-refractivity contribution in [3.05, 3.63) is 71.9 Å². The lowest BCUT2D eigenvalue weighted by Gasteiger charge is -2.37. The molecule has 3 aliphatic rings. The molecular formula is C53H73N15O11S2. The molecule has 3 aromatic rings. The van der Waals surface area contributed by atoms with Gasteiger partial charge in [0.25, 0.3) is 0 Å². The van der Waals surface area contributed by atoms with Crippen molar-refractivity contribution in [1.82, 2.24) is 47.1 Å². The number of aromatic nitrogens is 1. The summed E-state index contributed by atoms with van der Waals surface area (Å²) < 4.78 is -0.743. The monoisotopic (exact) mass is 1160 g/mol. The average molecular weight is 1160 g/mol. The Morgan fingerprint density at radius 1 is 0.728 bits per heavy atom. The fourth-order valence-electron chi connectivity index (χ4n) is 10.1. The molecule has 28 heteroatoms. The molecule has 438 valence electrons. The van der Waals surface area contributed by atoms with E-state index in [0.717, 1.165) is 30.2 Å². The summed E-state index contributed by atoms with van der Waals surface area (Å²) in [6, 6.07) is 6.30. The second-order valence-electron chi connectivity index (χ2n) is 20.5. The lowest BCUT2D eigenvalue weighted by atomic mass is 9.85. The number of aliphatic imine (C=N–C) groups is 1. The highest BCUT2D eigenvalue weighted by Gasteiger charge is 2.42. The van der Waals surface area contributed by atoms with Gasteiger partial charge in [0, 0.05) is 66.4 Å². The molecule has 2 aromatic carbocycles. The zero-order valence-corrected chi connectivity index (χ0v) is 46.5. The van der Waals surface area contributed by atoms with Gasteiger partial charge in [-0.25, -0.2) is 0 Å². The maximum absolute atomic E-state index is 15.0. The third kappa shape index (κ3) is 18.9. The molecule has 18 N–H and O–H groups in total. The summed E-state index contributed by atoms with van der Waals surface area (Å²) in [6.07, 6.45) is 4.21. The number of nitrogens with one attached hydrogen (secondary N) is 8. The number of likely N-dealkylation sites (tertiary alicyclic amines) is 1. The van der Waals surface area contributed by atoms with E-state index in [-0.39, 0.29) is 63.3 Å². The quantitative estimate of drug-likeness (QED) is 0.0271. The number of aromatic amines is 1. The Balaban J connectivity index is 1.36. The Morgan fingerprint density at radius 2 is 1.38 bits per heavy atom. The maximum Gasteiger partial charge on any atom is 0.246 e. The molecular weight excluding hydrogens is 1090 g/mol. The molecule has 1 spiro atoms. The smallest absolute Gasteiger partial charge is 0.246 e. The zero-order valence-electron chi connectivity index (χ0n) is 44.8. The predicted molar refractivity (Wildman–Crippen MR) is 303 cm³/mol. The van der Waals surface area contributed by atoms with Crippen molar-refractivity contribution in [3.8, 4) is 0 Å². The molecule has 0 radical (unpaired) electrons. The number of para-hydroxylation sites is 1. The number of nitrogens with two attached hydrogens (primary N) is 5. The van der Waals surface area contributed by atoms with Gasteiger partial charge >= 0.3 is 0 Å². The van der Waals surface area contributed by atoms with Crippen molar-refractivity contribution in [1.29, 1.82) is 0 Å². The highest BCUT2D eigenvalue weighted by Crippen LogP contribution is 2.48. The van der Waals surface area contributed by atoms with E-state index >= 15 is 0 Å². The number of guanidine groups is 1. The van der Waals surface area contributed by atoms with E-state index in [1.165, 1.54) is 26.5 Å². The molecule has 3 unspecified atom stereocenters. The van der Waals surface area contributed by atoms with Crippen molar-refractivity contribution >= 4 is 103 Å². The molecule has 3 heterocycles. The van der Waals surface area contributed by atoms with Crippen LogP contribution in [0.25, 0.3) is 10.9 Å².